The molecule has 108 valence electrons. The minimum absolute atomic E-state index is 0.0195. The van der Waals surface area contributed by atoms with Crippen LogP contribution in [0.2, 0.25) is 0 Å². The molecule has 5 nitrogen and oxygen atoms in total. The molecule has 19 heavy (non-hydrogen) atoms. The van der Waals surface area contributed by atoms with Crippen molar-refractivity contribution in [1.82, 2.24) is 4.72 Å². The van der Waals surface area contributed by atoms with E-state index < -0.39 is 10.0 Å². The Labute approximate surface area is 114 Å². The van der Waals surface area contributed by atoms with Crippen LogP contribution >= 0.6 is 0 Å². The summed E-state index contributed by atoms with van der Waals surface area (Å²) in [4.78, 5) is 0.293. The summed E-state index contributed by atoms with van der Waals surface area (Å²) in [5.74, 6) is 0. The third-order valence-corrected chi connectivity index (χ3v) is 3.94. The van der Waals surface area contributed by atoms with Crippen LogP contribution in [0.15, 0.2) is 23.1 Å². The molecule has 1 aromatic carbocycles. The van der Waals surface area contributed by atoms with Gasteiger partial charge >= 0.3 is 0 Å². The van der Waals surface area contributed by atoms with Gasteiger partial charge in [0.05, 0.1) is 18.1 Å². The van der Waals surface area contributed by atoms with Crippen LogP contribution in [0.5, 0.6) is 0 Å². The smallest absolute Gasteiger partial charge is 0.240 e. The van der Waals surface area contributed by atoms with Crippen LogP contribution in [-0.2, 0) is 14.8 Å². The second-order valence-electron chi connectivity index (χ2n) is 4.41. The van der Waals surface area contributed by atoms with Crippen molar-refractivity contribution in [3.63, 3.8) is 0 Å². The summed E-state index contributed by atoms with van der Waals surface area (Å²) >= 11 is 0. The number of aliphatic hydroxyl groups excluding tert-OH is 1. The number of rotatable bonds is 8. The molecule has 0 spiro atoms. The average molecular weight is 287 g/mol. The van der Waals surface area contributed by atoms with Gasteiger partial charge in [-0.1, -0.05) is 6.07 Å². The Kier molecular flexibility index (Phi) is 6.44. The molecule has 0 aliphatic heterocycles. The van der Waals surface area contributed by atoms with Crippen LogP contribution < -0.4 is 4.72 Å². The van der Waals surface area contributed by atoms with Gasteiger partial charge in [0.1, 0.15) is 0 Å². The minimum atomic E-state index is -3.45. The molecule has 0 aromatic heterocycles. The molecule has 0 fully saturated rings. The van der Waals surface area contributed by atoms with Crippen molar-refractivity contribution in [2.24, 2.45) is 0 Å². The first-order valence-corrected chi connectivity index (χ1v) is 7.70. The zero-order chi connectivity index (χ0) is 14.3. The lowest BCUT2D eigenvalue weighted by molar-refractivity contribution is 0.0913. The summed E-state index contributed by atoms with van der Waals surface area (Å²) in [6.07, 6.45) is 0.573. The van der Waals surface area contributed by atoms with Gasteiger partial charge in [-0.2, -0.15) is 0 Å². The van der Waals surface area contributed by atoms with Gasteiger partial charge in [-0.3, -0.25) is 0 Å². The number of nitrogens with one attached hydrogen (secondary N) is 1. The molecule has 0 amide bonds. The van der Waals surface area contributed by atoms with E-state index in [4.69, 9.17) is 9.84 Å². The van der Waals surface area contributed by atoms with Crippen molar-refractivity contribution in [1.29, 1.82) is 0 Å². The number of hydrogen-bond acceptors (Lipinski definition) is 4. The topological polar surface area (TPSA) is 75.6 Å². The highest BCUT2D eigenvalue weighted by Crippen LogP contribution is 2.14. The number of sulfonamides is 1. The van der Waals surface area contributed by atoms with E-state index in [0.717, 1.165) is 11.1 Å². The maximum absolute atomic E-state index is 12.0. The van der Waals surface area contributed by atoms with Gasteiger partial charge in [-0.05, 0) is 43.5 Å². The van der Waals surface area contributed by atoms with Crippen LogP contribution in [0, 0.1) is 13.8 Å². The van der Waals surface area contributed by atoms with E-state index in [1.807, 2.05) is 19.9 Å². The Morgan fingerprint density at radius 1 is 1.16 bits per heavy atom. The van der Waals surface area contributed by atoms with Crippen molar-refractivity contribution in [3.8, 4) is 0 Å². The fourth-order valence-electron chi connectivity index (χ4n) is 1.72. The molecule has 1 rings (SSSR count). The van der Waals surface area contributed by atoms with Crippen LogP contribution in [0.25, 0.3) is 0 Å². The van der Waals surface area contributed by atoms with Crippen LogP contribution in [0.4, 0.5) is 0 Å². The Hall–Kier alpha value is -0.950. The molecule has 0 aliphatic carbocycles. The summed E-state index contributed by atoms with van der Waals surface area (Å²) in [6, 6.07) is 5.23. The van der Waals surface area contributed by atoms with E-state index in [1.165, 1.54) is 0 Å². The normalized spacial score (nSPS) is 11.7. The Morgan fingerprint density at radius 3 is 2.37 bits per heavy atom. The fourth-order valence-corrected chi connectivity index (χ4v) is 2.98. The predicted octanol–water partition coefficient (Wildman–Crippen LogP) is 0.981. The molecular weight excluding hydrogens is 266 g/mol. The summed E-state index contributed by atoms with van der Waals surface area (Å²) in [7, 11) is -3.45. The molecule has 2 N–H and O–H groups in total. The number of ether oxygens (including phenoxy) is 1. The van der Waals surface area contributed by atoms with E-state index in [2.05, 4.69) is 4.72 Å². The minimum Gasteiger partial charge on any atom is -0.394 e. The first-order chi connectivity index (χ1) is 8.95. The van der Waals surface area contributed by atoms with Crippen molar-refractivity contribution < 1.29 is 18.3 Å². The van der Waals surface area contributed by atoms with Crippen molar-refractivity contribution >= 4 is 10.0 Å². The maximum Gasteiger partial charge on any atom is 0.240 e. The molecule has 0 bridgehead atoms. The zero-order valence-electron chi connectivity index (χ0n) is 11.3. The van der Waals surface area contributed by atoms with Gasteiger partial charge in [-0.25, -0.2) is 13.1 Å². The van der Waals surface area contributed by atoms with Gasteiger partial charge in [0, 0.05) is 13.2 Å². The van der Waals surface area contributed by atoms with E-state index >= 15 is 0 Å². The molecule has 1 aromatic rings. The fraction of sp³-hybridized carbons (Fsp3) is 0.538. The van der Waals surface area contributed by atoms with Crippen LogP contribution in [0.3, 0.4) is 0 Å². The molecule has 0 heterocycles. The monoisotopic (exact) mass is 287 g/mol. The van der Waals surface area contributed by atoms with Crippen LogP contribution in [-0.4, -0.2) is 39.9 Å². The van der Waals surface area contributed by atoms with E-state index in [1.54, 1.807) is 12.1 Å². The van der Waals surface area contributed by atoms with E-state index in [0.29, 0.717) is 24.5 Å². The number of hydrogen-bond donors (Lipinski definition) is 2. The van der Waals surface area contributed by atoms with Gasteiger partial charge in [0.15, 0.2) is 0 Å². The van der Waals surface area contributed by atoms with Gasteiger partial charge in [0.25, 0.3) is 0 Å². The van der Waals surface area contributed by atoms with Gasteiger partial charge < -0.3 is 9.84 Å². The third-order valence-electron chi connectivity index (χ3n) is 2.50. The van der Waals surface area contributed by atoms with E-state index in [-0.39, 0.29) is 13.2 Å². The molecule has 0 saturated heterocycles. The predicted molar refractivity (Wildman–Crippen MR) is 73.6 cm³/mol. The number of aryl methyl sites for hydroxylation is 2. The lowest BCUT2D eigenvalue weighted by Crippen LogP contribution is -2.25. The van der Waals surface area contributed by atoms with Gasteiger partial charge in [-0.15, -0.1) is 0 Å². The first-order valence-electron chi connectivity index (χ1n) is 6.22. The van der Waals surface area contributed by atoms with Crippen molar-refractivity contribution in [2.75, 3.05) is 26.4 Å². The van der Waals surface area contributed by atoms with Gasteiger partial charge in [0.2, 0.25) is 10.0 Å². The average Bonchev–Trinajstić information content (AvgIpc) is 2.32. The molecule has 0 unspecified atom stereocenters. The molecule has 0 radical (unpaired) electrons. The quantitative estimate of drug-likeness (QED) is 0.699. The summed E-state index contributed by atoms with van der Waals surface area (Å²) in [6.45, 7) is 4.75. The van der Waals surface area contributed by atoms with E-state index in [9.17, 15) is 8.42 Å². The molecule has 0 atom stereocenters. The molecular formula is C13H21NO4S. The number of benzene rings is 1. The summed E-state index contributed by atoms with van der Waals surface area (Å²) in [5, 5.41) is 8.52. The Bertz CT molecular complexity index is 479. The van der Waals surface area contributed by atoms with Crippen molar-refractivity contribution in [3.05, 3.63) is 29.3 Å². The SMILES string of the molecule is Cc1cc(C)cc(S(=O)(=O)NCCCOCCO)c1. The van der Waals surface area contributed by atoms with Crippen molar-refractivity contribution in [2.45, 2.75) is 25.2 Å². The number of aliphatic hydroxyl groups is 1. The summed E-state index contributed by atoms with van der Waals surface area (Å²) < 4.78 is 31.7. The first kappa shape index (κ1) is 16.1. The lowest BCUT2D eigenvalue weighted by atomic mass is 10.2. The second-order valence-corrected chi connectivity index (χ2v) is 6.18. The molecule has 0 saturated carbocycles. The Balaban J connectivity index is 2.51. The highest BCUT2D eigenvalue weighted by molar-refractivity contribution is 7.89. The third kappa shape index (κ3) is 5.69. The Morgan fingerprint density at radius 2 is 1.79 bits per heavy atom. The largest absolute Gasteiger partial charge is 0.394 e. The maximum atomic E-state index is 12.0. The molecule has 0 aliphatic rings. The summed E-state index contributed by atoms with van der Waals surface area (Å²) in [5.41, 5.74) is 1.85. The highest BCUT2D eigenvalue weighted by atomic mass is 32.2. The zero-order valence-corrected chi connectivity index (χ0v) is 12.2. The van der Waals surface area contributed by atoms with Crippen LogP contribution in [0.1, 0.15) is 17.5 Å². The highest BCUT2D eigenvalue weighted by Gasteiger charge is 2.13. The lowest BCUT2D eigenvalue weighted by Gasteiger charge is -2.08. The molecule has 6 heteroatoms. The standard InChI is InChI=1S/C13H21NO4S/c1-11-8-12(2)10-13(9-11)19(16,17)14-4-3-6-18-7-5-15/h8-10,14-15H,3-7H2,1-2H3. The second kappa shape index (κ2) is 7.59.